The van der Waals surface area contributed by atoms with Crippen molar-refractivity contribution in [1.82, 2.24) is 0 Å². The molecule has 1 atom stereocenters. The normalized spacial score (nSPS) is 19.9. The summed E-state index contributed by atoms with van der Waals surface area (Å²) in [5, 5.41) is 0. The summed E-state index contributed by atoms with van der Waals surface area (Å²) in [5.41, 5.74) is 4.39. The van der Waals surface area contributed by atoms with Gasteiger partial charge in [-0.2, -0.15) is 0 Å². The van der Waals surface area contributed by atoms with Crippen molar-refractivity contribution in [1.29, 1.82) is 0 Å². The minimum absolute atomic E-state index is 0.764. The highest BCUT2D eigenvalue weighted by Gasteiger charge is 2.25. The van der Waals surface area contributed by atoms with Crippen LogP contribution in [0.2, 0.25) is 0 Å². The molecular formula is C13H19N. The van der Waals surface area contributed by atoms with Crippen molar-refractivity contribution in [2.24, 2.45) is 0 Å². The Hall–Kier alpha value is -0.980. The van der Waals surface area contributed by atoms with Crippen LogP contribution in [-0.2, 0) is 0 Å². The molecule has 1 heteroatoms. The molecule has 1 aliphatic rings. The van der Waals surface area contributed by atoms with E-state index in [1.54, 1.807) is 5.56 Å². The molecule has 1 nitrogen and oxygen atoms in total. The van der Waals surface area contributed by atoms with Gasteiger partial charge in [-0.3, -0.25) is 0 Å². The maximum absolute atomic E-state index is 2.38. The average molecular weight is 189 g/mol. The van der Waals surface area contributed by atoms with Gasteiger partial charge in [-0.1, -0.05) is 31.0 Å². The molecule has 1 aromatic rings. The summed E-state index contributed by atoms with van der Waals surface area (Å²) in [4.78, 5) is 2.38. The van der Waals surface area contributed by atoms with Crippen LogP contribution in [0.5, 0.6) is 0 Å². The first-order chi connectivity index (χ1) is 6.72. The smallest absolute Gasteiger partial charge is 0.0400 e. The van der Waals surface area contributed by atoms with Gasteiger partial charge < -0.3 is 4.90 Å². The second-order valence-corrected chi connectivity index (χ2v) is 4.43. The molecule has 0 aliphatic carbocycles. The Labute approximate surface area is 86.7 Å². The van der Waals surface area contributed by atoms with Crippen molar-refractivity contribution in [2.45, 2.75) is 32.6 Å². The molecule has 1 heterocycles. The lowest BCUT2D eigenvalue weighted by Gasteiger charge is -2.11. The molecule has 0 aromatic heterocycles. The van der Waals surface area contributed by atoms with E-state index in [1.807, 2.05) is 0 Å². The van der Waals surface area contributed by atoms with Crippen LogP contribution in [0.15, 0.2) is 18.2 Å². The van der Waals surface area contributed by atoms with Gasteiger partial charge in [-0.15, -0.1) is 0 Å². The van der Waals surface area contributed by atoms with Crippen molar-refractivity contribution in [3.63, 3.8) is 0 Å². The minimum atomic E-state index is 0.764. The Morgan fingerprint density at radius 3 is 2.93 bits per heavy atom. The number of aryl methyl sites for hydroxylation is 1. The van der Waals surface area contributed by atoms with Crippen molar-refractivity contribution in [3.05, 3.63) is 29.3 Å². The van der Waals surface area contributed by atoms with E-state index in [1.165, 1.54) is 30.6 Å². The Kier molecular flexibility index (Phi) is 2.49. The number of hydrogen-bond donors (Lipinski definition) is 0. The van der Waals surface area contributed by atoms with Gasteiger partial charge in [-0.25, -0.2) is 0 Å². The van der Waals surface area contributed by atoms with Crippen LogP contribution in [0.1, 0.15) is 36.8 Å². The summed E-state index contributed by atoms with van der Waals surface area (Å²) < 4.78 is 0. The molecule has 0 radical (unpaired) electrons. The first-order valence-electron chi connectivity index (χ1n) is 5.54. The summed E-state index contributed by atoms with van der Waals surface area (Å²) in [5.74, 6) is 0.764. The van der Waals surface area contributed by atoms with E-state index in [2.05, 4.69) is 44.0 Å². The zero-order valence-electron chi connectivity index (χ0n) is 9.38. The molecule has 1 aromatic carbocycles. The third-order valence-electron chi connectivity index (χ3n) is 3.17. The van der Waals surface area contributed by atoms with Crippen molar-refractivity contribution < 1.29 is 0 Å². The van der Waals surface area contributed by atoms with Crippen molar-refractivity contribution in [3.8, 4) is 0 Å². The fraction of sp³-hybridized carbons (Fsp3) is 0.538. The number of benzene rings is 1. The SMILES string of the molecule is CCCC1CN(C)c2ccc(C)cc21. The molecule has 0 bridgehead atoms. The average Bonchev–Trinajstić information content (AvgIpc) is 2.44. The molecule has 76 valence electrons. The van der Waals surface area contributed by atoms with Crippen LogP contribution in [0.25, 0.3) is 0 Å². The second-order valence-electron chi connectivity index (χ2n) is 4.43. The molecule has 1 aliphatic heterocycles. The standard InChI is InChI=1S/C13H19N/c1-4-5-11-9-14(3)13-7-6-10(2)8-12(11)13/h6-8,11H,4-5,9H2,1-3H3. The largest absolute Gasteiger partial charge is 0.374 e. The summed E-state index contributed by atoms with van der Waals surface area (Å²) in [6.07, 6.45) is 2.60. The molecular weight excluding hydrogens is 170 g/mol. The molecule has 0 saturated heterocycles. The number of nitrogens with zero attached hydrogens (tertiary/aromatic N) is 1. The summed E-state index contributed by atoms with van der Waals surface area (Å²) >= 11 is 0. The number of hydrogen-bond acceptors (Lipinski definition) is 1. The molecule has 0 amide bonds. The molecule has 1 unspecified atom stereocenters. The number of likely N-dealkylation sites (N-methyl/N-ethyl adjacent to an activating group) is 1. The van der Waals surface area contributed by atoms with E-state index < -0.39 is 0 Å². The van der Waals surface area contributed by atoms with E-state index in [0.717, 1.165) is 5.92 Å². The van der Waals surface area contributed by atoms with E-state index in [4.69, 9.17) is 0 Å². The first-order valence-corrected chi connectivity index (χ1v) is 5.54. The summed E-state index contributed by atoms with van der Waals surface area (Å²) in [6, 6.07) is 6.84. The monoisotopic (exact) mass is 189 g/mol. The van der Waals surface area contributed by atoms with E-state index in [-0.39, 0.29) is 0 Å². The van der Waals surface area contributed by atoms with Crippen molar-refractivity contribution in [2.75, 3.05) is 18.5 Å². The molecule has 0 N–H and O–H groups in total. The number of fused-ring (bicyclic) bond motifs is 1. The quantitative estimate of drug-likeness (QED) is 0.689. The van der Waals surface area contributed by atoms with Gasteiger partial charge in [0.25, 0.3) is 0 Å². The Balaban J connectivity index is 2.35. The number of anilines is 1. The summed E-state index contributed by atoms with van der Waals surface area (Å²) in [7, 11) is 2.20. The Morgan fingerprint density at radius 1 is 1.43 bits per heavy atom. The zero-order chi connectivity index (χ0) is 10.1. The fourth-order valence-corrected chi connectivity index (χ4v) is 2.47. The zero-order valence-corrected chi connectivity index (χ0v) is 9.38. The fourth-order valence-electron chi connectivity index (χ4n) is 2.47. The summed E-state index contributed by atoms with van der Waals surface area (Å²) in [6.45, 7) is 5.65. The van der Waals surface area contributed by atoms with Crippen molar-refractivity contribution >= 4 is 5.69 Å². The van der Waals surface area contributed by atoms with Crippen LogP contribution in [0.4, 0.5) is 5.69 Å². The molecule has 14 heavy (non-hydrogen) atoms. The predicted octanol–water partition coefficient (Wildman–Crippen LogP) is 3.33. The number of rotatable bonds is 2. The van der Waals surface area contributed by atoms with Crippen LogP contribution in [-0.4, -0.2) is 13.6 Å². The maximum Gasteiger partial charge on any atom is 0.0400 e. The lowest BCUT2D eigenvalue weighted by molar-refractivity contribution is 0.640. The molecule has 2 rings (SSSR count). The van der Waals surface area contributed by atoms with Crippen LogP contribution < -0.4 is 4.90 Å². The minimum Gasteiger partial charge on any atom is -0.374 e. The van der Waals surface area contributed by atoms with E-state index in [9.17, 15) is 0 Å². The van der Waals surface area contributed by atoms with Gasteiger partial charge in [0.1, 0.15) is 0 Å². The van der Waals surface area contributed by atoms with Gasteiger partial charge in [0, 0.05) is 25.2 Å². The van der Waals surface area contributed by atoms with E-state index >= 15 is 0 Å². The molecule has 0 spiro atoms. The Morgan fingerprint density at radius 2 is 2.21 bits per heavy atom. The van der Waals surface area contributed by atoms with Gasteiger partial charge in [0.2, 0.25) is 0 Å². The van der Waals surface area contributed by atoms with Gasteiger partial charge in [0.05, 0.1) is 0 Å². The van der Waals surface area contributed by atoms with Crippen LogP contribution >= 0.6 is 0 Å². The van der Waals surface area contributed by atoms with Crippen LogP contribution in [0, 0.1) is 6.92 Å². The van der Waals surface area contributed by atoms with Gasteiger partial charge >= 0.3 is 0 Å². The third kappa shape index (κ3) is 1.52. The topological polar surface area (TPSA) is 3.24 Å². The van der Waals surface area contributed by atoms with Gasteiger partial charge in [-0.05, 0) is 25.0 Å². The predicted molar refractivity (Wildman–Crippen MR) is 62.1 cm³/mol. The highest BCUT2D eigenvalue weighted by Crippen LogP contribution is 2.38. The maximum atomic E-state index is 2.38. The second kappa shape index (κ2) is 3.64. The third-order valence-corrected chi connectivity index (χ3v) is 3.17. The van der Waals surface area contributed by atoms with Gasteiger partial charge in [0.15, 0.2) is 0 Å². The van der Waals surface area contributed by atoms with Crippen LogP contribution in [0.3, 0.4) is 0 Å². The highest BCUT2D eigenvalue weighted by molar-refractivity contribution is 5.60. The Bertz CT molecular complexity index is 330. The lowest BCUT2D eigenvalue weighted by Crippen LogP contribution is -2.15. The molecule has 0 saturated carbocycles. The highest BCUT2D eigenvalue weighted by atomic mass is 15.1. The molecule has 0 fully saturated rings. The van der Waals surface area contributed by atoms with E-state index in [0.29, 0.717) is 0 Å². The first kappa shape index (κ1) is 9.57. The lowest BCUT2D eigenvalue weighted by atomic mass is 9.95.